The highest BCUT2D eigenvalue weighted by Crippen LogP contribution is 2.23. The molecule has 1 aromatic rings. The number of hydrogen-bond donors (Lipinski definition) is 1. The zero-order valence-electron chi connectivity index (χ0n) is 9.20. The fourth-order valence-corrected chi connectivity index (χ4v) is 2.03. The average Bonchev–Trinajstić information content (AvgIpc) is 2.92. The summed E-state index contributed by atoms with van der Waals surface area (Å²) in [6, 6.07) is 0. The standard InChI is InChI=1S/C8H11N7OS/c1-17-8-11-7(12-13-8)15-4-5(2-6(15)16)3-10-14-9/h5H,2-4H2,1H3,(H,11,12,13). The normalized spacial score (nSPS) is 19.5. The van der Waals surface area contributed by atoms with Gasteiger partial charge in [-0.1, -0.05) is 16.9 Å². The quantitative estimate of drug-likeness (QED) is 0.376. The van der Waals surface area contributed by atoms with Crippen LogP contribution in [-0.4, -0.2) is 40.4 Å². The SMILES string of the molecule is CSc1n[nH]c(N2CC(CN=[N+]=[N-])CC2=O)n1. The van der Waals surface area contributed by atoms with E-state index in [0.29, 0.717) is 30.6 Å². The first-order chi connectivity index (χ1) is 8.24. The van der Waals surface area contributed by atoms with Gasteiger partial charge in [-0.25, -0.2) is 5.10 Å². The summed E-state index contributed by atoms with van der Waals surface area (Å²) in [5.74, 6) is 0.496. The fourth-order valence-electron chi connectivity index (χ4n) is 1.71. The molecular weight excluding hydrogens is 242 g/mol. The smallest absolute Gasteiger partial charge is 0.229 e. The molecule has 1 N–H and O–H groups in total. The number of thioether (sulfide) groups is 1. The minimum atomic E-state index is -0.0213. The van der Waals surface area contributed by atoms with E-state index < -0.39 is 0 Å². The van der Waals surface area contributed by atoms with Crippen LogP contribution in [0.4, 0.5) is 5.95 Å². The maximum Gasteiger partial charge on any atom is 0.229 e. The molecule has 1 aliphatic heterocycles. The second kappa shape index (κ2) is 5.07. The van der Waals surface area contributed by atoms with Crippen LogP contribution in [0.15, 0.2) is 10.3 Å². The number of amides is 1. The lowest BCUT2D eigenvalue weighted by molar-refractivity contribution is -0.117. The number of H-pyrrole nitrogens is 1. The van der Waals surface area contributed by atoms with E-state index in [0.717, 1.165) is 0 Å². The molecule has 0 aliphatic carbocycles. The van der Waals surface area contributed by atoms with Gasteiger partial charge in [0, 0.05) is 24.4 Å². The molecule has 2 rings (SSSR count). The number of nitrogens with zero attached hydrogens (tertiary/aromatic N) is 6. The van der Waals surface area contributed by atoms with E-state index in [1.807, 2.05) is 6.26 Å². The largest absolute Gasteiger partial charge is 0.281 e. The molecule has 8 nitrogen and oxygen atoms in total. The van der Waals surface area contributed by atoms with Crippen LogP contribution in [-0.2, 0) is 4.79 Å². The van der Waals surface area contributed by atoms with E-state index in [-0.39, 0.29) is 11.8 Å². The summed E-state index contributed by atoms with van der Waals surface area (Å²) in [6.07, 6.45) is 2.25. The summed E-state index contributed by atoms with van der Waals surface area (Å²) in [4.78, 5) is 20.2. The molecule has 1 aromatic heterocycles. The van der Waals surface area contributed by atoms with Gasteiger partial charge in [0.15, 0.2) is 0 Å². The minimum absolute atomic E-state index is 0.0213. The van der Waals surface area contributed by atoms with E-state index in [2.05, 4.69) is 25.2 Å². The summed E-state index contributed by atoms with van der Waals surface area (Å²) in [5, 5.41) is 10.8. The van der Waals surface area contributed by atoms with Gasteiger partial charge in [0.05, 0.1) is 0 Å². The first kappa shape index (κ1) is 11.7. The third-order valence-electron chi connectivity index (χ3n) is 2.50. The minimum Gasteiger partial charge on any atom is -0.281 e. The fraction of sp³-hybridized carbons (Fsp3) is 0.625. The maximum atomic E-state index is 11.7. The molecule has 1 atom stereocenters. The van der Waals surface area contributed by atoms with Crippen molar-refractivity contribution in [3.05, 3.63) is 10.4 Å². The van der Waals surface area contributed by atoms with Gasteiger partial charge in [0.1, 0.15) is 0 Å². The van der Waals surface area contributed by atoms with E-state index >= 15 is 0 Å². The third kappa shape index (κ3) is 2.51. The van der Waals surface area contributed by atoms with E-state index in [1.165, 1.54) is 11.8 Å². The second-order valence-corrected chi connectivity index (χ2v) is 4.41. The predicted octanol–water partition coefficient (Wildman–Crippen LogP) is 1.19. The molecule has 1 unspecified atom stereocenters. The molecule has 0 spiro atoms. The van der Waals surface area contributed by atoms with Crippen LogP contribution < -0.4 is 4.90 Å². The Hall–Kier alpha value is -1.73. The van der Waals surface area contributed by atoms with Crippen molar-refractivity contribution in [2.45, 2.75) is 11.6 Å². The van der Waals surface area contributed by atoms with Gasteiger partial charge >= 0.3 is 0 Å². The molecule has 0 bridgehead atoms. The molecular formula is C8H11N7OS. The molecule has 0 aromatic carbocycles. The molecule has 0 saturated carbocycles. The average molecular weight is 253 g/mol. The van der Waals surface area contributed by atoms with Crippen LogP contribution in [0, 0.1) is 5.92 Å². The van der Waals surface area contributed by atoms with E-state index in [4.69, 9.17) is 5.53 Å². The lowest BCUT2D eigenvalue weighted by Crippen LogP contribution is -2.26. The second-order valence-electron chi connectivity index (χ2n) is 3.63. The number of rotatable bonds is 4. The van der Waals surface area contributed by atoms with Crippen molar-refractivity contribution in [3.8, 4) is 0 Å². The first-order valence-corrected chi connectivity index (χ1v) is 6.24. The van der Waals surface area contributed by atoms with Gasteiger partial charge in [-0.15, -0.1) is 5.10 Å². The number of aromatic amines is 1. The van der Waals surface area contributed by atoms with Crippen LogP contribution in [0.3, 0.4) is 0 Å². The molecule has 90 valence electrons. The van der Waals surface area contributed by atoms with E-state index in [1.54, 1.807) is 4.90 Å². The van der Waals surface area contributed by atoms with Gasteiger partial charge in [-0.05, 0) is 17.7 Å². The monoisotopic (exact) mass is 253 g/mol. The number of anilines is 1. The van der Waals surface area contributed by atoms with Gasteiger partial charge in [0.25, 0.3) is 0 Å². The van der Waals surface area contributed by atoms with Crippen LogP contribution in [0.1, 0.15) is 6.42 Å². The third-order valence-corrected chi connectivity index (χ3v) is 3.05. The highest BCUT2D eigenvalue weighted by atomic mass is 32.2. The van der Waals surface area contributed by atoms with Crippen molar-refractivity contribution in [1.82, 2.24) is 15.2 Å². The maximum absolute atomic E-state index is 11.7. The zero-order valence-corrected chi connectivity index (χ0v) is 10.0. The molecule has 0 radical (unpaired) electrons. The Balaban J connectivity index is 2.07. The van der Waals surface area contributed by atoms with Crippen LogP contribution >= 0.6 is 11.8 Å². The Morgan fingerprint density at radius 3 is 3.24 bits per heavy atom. The molecule has 1 amide bonds. The number of aromatic nitrogens is 3. The Morgan fingerprint density at radius 1 is 1.76 bits per heavy atom. The highest BCUT2D eigenvalue weighted by molar-refractivity contribution is 7.98. The van der Waals surface area contributed by atoms with Crippen molar-refractivity contribution in [3.63, 3.8) is 0 Å². The highest BCUT2D eigenvalue weighted by Gasteiger charge is 2.31. The number of azide groups is 1. The molecule has 1 saturated heterocycles. The summed E-state index contributed by atoms with van der Waals surface area (Å²) < 4.78 is 0. The van der Waals surface area contributed by atoms with Gasteiger partial charge in [0.2, 0.25) is 17.0 Å². The van der Waals surface area contributed by atoms with Crippen molar-refractivity contribution < 1.29 is 4.79 Å². The number of hydrogen-bond acceptors (Lipinski definition) is 5. The van der Waals surface area contributed by atoms with Crippen LogP contribution in [0.5, 0.6) is 0 Å². The molecule has 1 aliphatic rings. The molecule has 2 heterocycles. The predicted molar refractivity (Wildman–Crippen MR) is 62.6 cm³/mol. The van der Waals surface area contributed by atoms with Crippen molar-refractivity contribution >= 4 is 23.6 Å². The number of carbonyl (C=O) groups is 1. The first-order valence-electron chi connectivity index (χ1n) is 5.02. The number of carbonyl (C=O) groups excluding carboxylic acids is 1. The number of nitrogens with one attached hydrogen (secondary N) is 1. The topological polar surface area (TPSA) is 111 Å². The summed E-state index contributed by atoms with van der Waals surface area (Å²) in [7, 11) is 0. The Morgan fingerprint density at radius 2 is 2.59 bits per heavy atom. The molecule has 1 fully saturated rings. The van der Waals surface area contributed by atoms with Crippen LogP contribution in [0.25, 0.3) is 10.4 Å². The van der Waals surface area contributed by atoms with Crippen molar-refractivity contribution in [2.75, 3.05) is 24.2 Å². The van der Waals surface area contributed by atoms with Crippen molar-refractivity contribution in [1.29, 1.82) is 0 Å². The van der Waals surface area contributed by atoms with E-state index in [9.17, 15) is 4.79 Å². The Labute approximate surface area is 101 Å². The Kier molecular flexibility index (Phi) is 3.50. The summed E-state index contributed by atoms with van der Waals surface area (Å²) in [5.41, 5.74) is 8.24. The lowest BCUT2D eigenvalue weighted by Gasteiger charge is -2.11. The van der Waals surface area contributed by atoms with Gasteiger partial charge in [-0.3, -0.25) is 9.69 Å². The summed E-state index contributed by atoms with van der Waals surface area (Å²) in [6.45, 7) is 0.850. The lowest BCUT2D eigenvalue weighted by atomic mass is 10.1. The summed E-state index contributed by atoms with van der Waals surface area (Å²) >= 11 is 1.41. The van der Waals surface area contributed by atoms with Crippen molar-refractivity contribution in [2.24, 2.45) is 11.0 Å². The van der Waals surface area contributed by atoms with Gasteiger partial charge in [-0.2, -0.15) is 4.98 Å². The zero-order chi connectivity index (χ0) is 12.3. The van der Waals surface area contributed by atoms with Crippen LogP contribution in [0.2, 0.25) is 0 Å². The Bertz CT molecular complexity index is 466. The molecule has 17 heavy (non-hydrogen) atoms. The molecule has 9 heteroatoms. The van der Waals surface area contributed by atoms with Gasteiger partial charge < -0.3 is 0 Å².